The number of hydrogen-bond acceptors (Lipinski definition) is 3. The van der Waals surface area contributed by atoms with E-state index in [-0.39, 0.29) is 6.10 Å². The van der Waals surface area contributed by atoms with E-state index in [2.05, 4.69) is 37.7 Å². The largest absolute Gasteiger partial charge is 0.473 e. The second-order valence-corrected chi connectivity index (χ2v) is 4.55. The first-order valence-corrected chi connectivity index (χ1v) is 6.38. The van der Waals surface area contributed by atoms with Crippen LogP contribution in [0.2, 0.25) is 0 Å². The van der Waals surface area contributed by atoms with Gasteiger partial charge in [0, 0.05) is 18.3 Å². The van der Waals surface area contributed by atoms with Crippen molar-refractivity contribution >= 4 is 0 Å². The summed E-state index contributed by atoms with van der Waals surface area (Å²) in [4.78, 5) is 6.60. The highest BCUT2D eigenvalue weighted by Crippen LogP contribution is 2.14. The van der Waals surface area contributed by atoms with Crippen molar-refractivity contribution in [3.05, 3.63) is 23.9 Å². The van der Waals surface area contributed by atoms with Crippen LogP contribution in [0.4, 0.5) is 0 Å². The van der Waals surface area contributed by atoms with Crippen LogP contribution in [0.25, 0.3) is 0 Å². The van der Waals surface area contributed by atoms with Gasteiger partial charge in [0.2, 0.25) is 5.88 Å². The quantitative estimate of drug-likeness (QED) is 0.759. The second kappa shape index (κ2) is 6.60. The fourth-order valence-corrected chi connectivity index (χ4v) is 2.03. The molecule has 0 aliphatic carbocycles. The molecule has 1 heterocycles. The molecule has 0 N–H and O–H groups in total. The zero-order valence-corrected chi connectivity index (χ0v) is 11.6. The van der Waals surface area contributed by atoms with Gasteiger partial charge in [-0.3, -0.25) is 0 Å². The molecule has 0 aliphatic rings. The average molecular weight is 236 g/mol. The Morgan fingerprint density at radius 2 is 2.06 bits per heavy atom. The molecule has 3 nitrogen and oxygen atoms in total. The van der Waals surface area contributed by atoms with E-state index < -0.39 is 0 Å². The highest BCUT2D eigenvalue weighted by atomic mass is 16.5. The lowest BCUT2D eigenvalue weighted by molar-refractivity contribution is 0.0915. The summed E-state index contributed by atoms with van der Waals surface area (Å²) in [5.74, 6) is 0.714. The summed E-state index contributed by atoms with van der Waals surface area (Å²) in [5, 5.41) is 0. The second-order valence-electron chi connectivity index (χ2n) is 4.55. The van der Waals surface area contributed by atoms with Crippen molar-refractivity contribution in [1.29, 1.82) is 0 Å². The number of likely N-dealkylation sites (N-methyl/N-ethyl adjacent to an activating group) is 1. The lowest BCUT2D eigenvalue weighted by atomic mass is 10.1. The van der Waals surface area contributed by atoms with E-state index in [9.17, 15) is 0 Å². The summed E-state index contributed by atoms with van der Waals surface area (Å²) in [5.41, 5.74) is 1.16. The summed E-state index contributed by atoms with van der Waals surface area (Å²) in [6.07, 6.45) is 3.07. The Balaban J connectivity index is 2.63. The Morgan fingerprint density at radius 1 is 1.35 bits per heavy atom. The predicted octanol–water partition coefficient (Wildman–Crippen LogP) is 2.89. The van der Waals surface area contributed by atoms with Crippen molar-refractivity contribution in [2.24, 2.45) is 0 Å². The highest BCUT2D eigenvalue weighted by molar-refractivity contribution is 5.16. The predicted molar refractivity (Wildman–Crippen MR) is 71.4 cm³/mol. The van der Waals surface area contributed by atoms with Crippen molar-refractivity contribution in [2.45, 2.75) is 46.3 Å². The maximum Gasteiger partial charge on any atom is 0.213 e. The topological polar surface area (TPSA) is 25.4 Å². The van der Waals surface area contributed by atoms with Crippen LogP contribution in [0, 0.1) is 6.92 Å². The van der Waals surface area contributed by atoms with Crippen molar-refractivity contribution < 1.29 is 4.74 Å². The standard InChI is InChI=1S/C14H24N2O/c1-6-13(16(5)7-2)12(4)17-14-9-8-11(3)10-15-14/h8-10,12-13H,6-7H2,1-5H3. The van der Waals surface area contributed by atoms with Crippen molar-refractivity contribution in [2.75, 3.05) is 13.6 Å². The van der Waals surface area contributed by atoms with E-state index in [0.717, 1.165) is 18.5 Å². The van der Waals surface area contributed by atoms with Gasteiger partial charge in [0.15, 0.2) is 0 Å². The molecule has 17 heavy (non-hydrogen) atoms. The van der Waals surface area contributed by atoms with Gasteiger partial charge in [0.05, 0.1) is 0 Å². The van der Waals surface area contributed by atoms with E-state index in [1.807, 2.05) is 25.3 Å². The molecule has 0 saturated heterocycles. The van der Waals surface area contributed by atoms with Crippen LogP contribution in [0.15, 0.2) is 18.3 Å². The van der Waals surface area contributed by atoms with E-state index in [4.69, 9.17) is 4.74 Å². The minimum absolute atomic E-state index is 0.153. The van der Waals surface area contributed by atoms with Gasteiger partial charge in [0.25, 0.3) is 0 Å². The van der Waals surface area contributed by atoms with Gasteiger partial charge < -0.3 is 9.64 Å². The molecule has 0 fully saturated rings. The fraction of sp³-hybridized carbons (Fsp3) is 0.643. The molecule has 0 saturated carbocycles. The summed E-state index contributed by atoms with van der Waals surface area (Å²) in [6, 6.07) is 4.40. The van der Waals surface area contributed by atoms with Crippen LogP contribution in [0.1, 0.15) is 32.8 Å². The van der Waals surface area contributed by atoms with Crippen molar-refractivity contribution in [3.63, 3.8) is 0 Å². The molecule has 0 radical (unpaired) electrons. The fourth-order valence-electron chi connectivity index (χ4n) is 2.03. The molecule has 0 aliphatic heterocycles. The number of rotatable bonds is 6. The molecule has 0 spiro atoms. The molecule has 2 unspecified atom stereocenters. The van der Waals surface area contributed by atoms with Crippen LogP contribution < -0.4 is 4.74 Å². The van der Waals surface area contributed by atoms with Crippen LogP contribution in [0.5, 0.6) is 5.88 Å². The molecule has 1 rings (SSSR count). The van der Waals surface area contributed by atoms with Crippen LogP contribution in [0.3, 0.4) is 0 Å². The van der Waals surface area contributed by atoms with Gasteiger partial charge in [-0.2, -0.15) is 0 Å². The van der Waals surface area contributed by atoms with Gasteiger partial charge >= 0.3 is 0 Å². The van der Waals surface area contributed by atoms with Crippen LogP contribution >= 0.6 is 0 Å². The monoisotopic (exact) mass is 236 g/mol. The third-order valence-corrected chi connectivity index (χ3v) is 3.22. The van der Waals surface area contributed by atoms with E-state index >= 15 is 0 Å². The van der Waals surface area contributed by atoms with Gasteiger partial charge in [-0.25, -0.2) is 4.98 Å². The summed E-state index contributed by atoms with van der Waals surface area (Å²) < 4.78 is 5.89. The number of aryl methyl sites for hydroxylation is 1. The maximum absolute atomic E-state index is 5.89. The molecule has 1 aromatic heterocycles. The highest BCUT2D eigenvalue weighted by Gasteiger charge is 2.20. The third-order valence-electron chi connectivity index (χ3n) is 3.22. The molecular formula is C14H24N2O. The number of aromatic nitrogens is 1. The Labute approximate surface area is 105 Å². The lowest BCUT2D eigenvalue weighted by Gasteiger charge is -2.31. The van der Waals surface area contributed by atoms with E-state index in [0.29, 0.717) is 11.9 Å². The Morgan fingerprint density at radius 3 is 2.53 bits per heavy atom. The number of ether oxygens (including phenoxy) is 1. The summed E-state index contributed by atoms with van der Waals surface area (Å²) in [6.45, 7) is 9.54. The normalized spacial score (nSPS) is 14.7. The third kappa shape index (κ3) is 4.00. The first kappa shape index (κ1) is 14.0. The molecule has 1 aromatic rings. The van der Waals surface area contributed by atoms with Crippen LogP contribution in [-0.2, 0) is 0 Å². The van der Waals surface area contributed by atoms with Crippen molar-refractivity contribution in [1.82, 2.24) is 9.88 Å². The smallest absolute Gasteiger partial charge is 0.213 e. The van der Waals surface area contributed by atoms with Crippen LogP contribution in [-0.4, -0.2) is 35.6 Å². The van der Waals surface area contributed by atoms with Gasteiger partial charge in [0.1, 0.15) is 6.10 Å². The zero-order valence-electron chi connectivity index (χ0n) is 11.6. The summed E-state index contributed by atoms with van der Waals surface area (Å²) in [7, 11) is 2.14. The minimum atomic E-state index is 0.153. The number of hydrogen-bond donors (Lipinski definition) is 0. The van der Waals surface area contributed by atoms with E-state index in [1.54, 1.807) is 0 Å². The Kier molecular flexibility index (Phi) is 5.42. The molecule has 0 amide bonds. The van der Waals surface area contributed by atoms with Crippen molar-refractivity contribution in [3.8, 4) is 5.88 Å². The number of pyridine rings is 1. The molecular weight excluding hydrogens is 212 g/mol. The average Bonchev–Trinajstić information content (AvgIpc) is 2.32. The maximum atomic E-state index is 5.89. The Hall–Kier alpha value is -1.09. The van der Waals surface area contributed by atoms with Gasteiger partial charge in [-0.15, -0.1) is 0 Å². The first-order valence-electron chi connectivity index (χ1n) is 6.38. The van der Waals surface area contributed by atoms with Gasteiger partial charge in [-0.05, 0) is 39.4 Å². The number of nitrogens with zero attached hydrogens (tertiary/aromatic N) is 2. The molecule has 0 bridgehead atoms. The minimum Gasteiger partial charge on any atom is -0.473 e. The zero-order chi connectivity index (χ0) is 12.8. The Bertz CT molecular complexity index is 323. The molecule has 96 valence electrons. The van der Waals surface area contributed by atoms with E-state index in [1.165, 1.54) is 0 Å². The molecule has 2 atom stereocenters. The molecule has 0 aromatic carbocycles. The van der Waals surface area contributed by atoms with Gasteiger partial charge in [-0.1, -0.05) is 19.9 Å². The lowest BCUT2D eigenvalue weighted by Crippen LogP contribution is -2.42. The molecule has 3 heteroatoms. The summed E-state index contributed by atoms with van der Waals surface area (Å²) >= 11 is 0. The first-order chi connectivity index (χ1) is 8.08. The SMILES string of the molecule is CCC(C(C)Oc1ccc(C)cn1)N(C)CC.